The van der Waals surface area contributed by atoms with Crippen molar-refractivity contribution in [2.45, 2.75) is 26.8 Å². The number of nitrogens with one attached hydrogen (secondary N) is 1. The maximum atomic E-state index is 6.12. The molecule has 0 heterocycles. The summed E-state index contributed by atoms with van der Waals surface area (Å²) in [6.45, 7) is 6.03. The molecule has 0 amide bonds. The van der Waals surface area contributed by atoms with E-state index in [1.165, 1.54) is 0 Å². The second-order valence-corrected chi connectivity index (χ2v) is 6.77. The fraction of sp³-hybridized carbons (Fsp3) is 0.294. The molecular formula is C17H19Br2NO. The van der Waals surface area contributed by atoms with Gasteiger partial charge in [0.05, 0.1) is 0 Å². The predicted molar refractivity (Wildman–Crippen MR) is 95.1 cm³/mol. The summed E-state index contributed by atoms with van der Waals surface area (Å²) in [6.07, 6.45) is 1.12. The zero-order valence-corrected chi connectivity index (χ0v) is 15.4. The molecule has 0 saturated carbocycles. The second-order valence-electron chi connectivity index (χ2n) is 4.94. The number of aryl methyl sites for hydroxylation is 1. The van der Waals surface area contributed by atoms with Crippen LogP contribution in [0.3, 0.4) is 0 Å². The van der Waals surface area contributed by atoms with Crippen LogP contribution in [-0.4, -0.2) is 6.54 Å². The van der Waals surface area contributed by atoms with E-state index in [1.54, 1.807) is 0 Å². The van der Waals surface area contributed by atoms with E-state index in [1.807, 2.05) is 31.2 Å². The van der Waals surface area contributed by atoms with Gasteiger partial charge in [-0.25, -0.2) is 0 Å². The number of benzene rings is 2. The van der Waals surface area contributed by atoms with E-state index in [0.29, 0.717) is 0 Å². The summed E-state index contributed by atoms with van der Waals surface area (Å²) in [4.78, 5) is 0. The van der Waals surface area contributed by atoms with Crippen LogP contribution in [-0.2, 0) is 6.54 Å². The third-order valence-corrected chi connectivity index (χ3v) is 4.11. The maximum absolute atomic E-state index is 6.12. The van der Waals surface area contributed by atoms with Crippen molar-refractivity contribution in [1.82, 2.24) is 5.32 Å². The zero-order chi connectivity index (χ0) is 15.2. The Morgan fingerprint density at radius 3 is 2.43 bits per heavy atom. The highest BCUT2D eigenvalue weighted by molar-refractivity contribution is 9.10. The van der Waals surface area contributed by atoms with Crippen molar-refractivity contribution >= 4 is 31.9 Å². The first-order chi connectivity index (χ1) is 10.1. The lowest BCUT2D eigenvalue weighted by Gasteiger charge is -2.14. The fourth-order valence-electron chi connectivity index (χ4n) is 2.02. The highest BCUT2D eigenvalue weighted by atomic mass is 79.9. The molecule has 0 atom stereocenters. The predicted octanol–water partition coefficient (Wildman–Crippen LogP) is 5.81. The van der Waals surface area contributed by atoms with Gasteiger partial charge in [0.2, 0.25) is 0 Å². The lowest BCUT2D eigenvalue weighted by atomic mass is 10.2. The summed E-state index contributed by atoms with van der Waals surface area (Å²) in [5.74, 6) is 1.77. The van der Waals surface area contributed by atoms with E-state index >= 15 is 0 Å². The molecule has 2 aromatic carbocycles. The van der Waals surface area contributed by atoms with Gasteiger partial charge in [-0.1, -0.05) is 44.8 Å². The van der Waals surface area contributed by atoms with Crippen LogP contribution in [0.1, 0.15) is 24.5 Å². The molecule has 0 aliphatic rings. The smallest absolute Gasteiger partial charge is 0.133 e. The van der Waals surface area contributed by atoms with Crippen LogP contribution in [0.5, 0.6) is 11.5 Å². The van der Waals surface area contributed by atoms with Crippen LogP contribution < -0.4 is 10.1 Å². The SMILES string of the molecule is CCCNCc1ccc(Br)cc1Oc1ccc(Br)cc1C. The molecule has 0 bridgehead atoms. The Morgan fingerprint density at radius 1 is 1.00 bits per heavy atom. The monoisotopic (exact) mass is 411 g/mol. The van der Waals surface area contributed by atoms with Gasteiger partial charge in [0.15, 0.2) is 0 Å². The van der Waals surface area contributed by atoms with Crippen LogP contribution in [0.25, 0.3) is 0 Å². The van der Waals surface area contributed by atoms with Gasteiger partial charge < -0.3 is 10.1 Å². The van der Waals surface area contributed by atoms with Crippen molar-refractivity contribution in [2.24, 2.45) is 0 Å². The third-order valence-electron chi connectivity index (χ3n) is 3.13. The summed E-state index contributed by atoms with van der Waals surface area (Å²) in [5.41, 5.74) is 2.27. The molecule has 0 spiro atoms. The molecule has 112 valence electrons. The van der Waals surface area contributed by atoms with Gasteiger partial charge in [-0.3, -0.25) is 0 Å². The van der Waals surface area contributed by atoms with Gasteiger partial charge >= 0.3 is 0 Å². The Morgan fingerprint density at radius 2 is 1.71 bits per heavy atom. The highest BCUT2D eigenvalue weighted by Gasteiger charge is 2.08. The molecule has 21 heavy (non-hydrogen) atoms. The first-order valence-corrected chi connectivity index (χ1v) is 8.62. The Kier molecular flexibility index (Phi) is 6.27. The van der Waals surface area contributed by atoms with E-state index in [0.717, 1.165) is 51.1 Å². The molecular weight excluding hydrogens is 394 g/mol. The van der Waals surface area contributed by atoms with Crippen LogP contribution in [0, 0.1) is 6.92 Å². The Labute approximate surface area is 143 Å². The minimum Gasteiger partial charge on any atom is -0.457 e. The van der Waals surface area contributed by atoms with Crippen LogP contribution in [0.4, 0.5) is 0 Å². The molecule has 0 saturated heterocycles. The number of hydrogen-bond donors (Lipinski definition) is 1. The lowest BCUT2D eigenvalue weighted by Crippen LogP contribution is -2.14. The van der Waals surface area contributed by atoms with Crippen molar-refractivity contribution in [3.63, 3.8) is 0 Å². The van der Waals surface area contributed by atoms with Gasteiger partial charge in [-0.05, 0) is 55.8 Å². The molecule has 2 rings (SSSR count). The molecule has 0 aliphatic heterocycles. The summed E-state index contributed by atoms with van der Waals surface area (Å²) in [7, 11) is 0. The first-order valence-electron chi connectivity index (χ1n) is 7.03. The number of halogens is 2. The van der Waals surface area contributed by atoms with E-state index in [4.69, 9.17) is 4.74 Å². The summed E-state index contributed by atoms with van der Waals surface area (Å²) >= 11 is 6.99. The Bertz CT molecular complexity index is 614. The van der Waals surface area contributed by atoms with Gasteiger partial charge in [-0.2, -0.15) is 0 Å². The zero-order valence-electron chi connectivity index (χ0n) is 12.2. The standard InChI is InChI=1S/C17H19Br2NO/c1-3-8-20-11-13-4-5-15(19)10-17(13)21-16-7-6-14(18)9-12(16)2/h4-7,9-10,20H,3,8,11H2,1-2H3. The molecule has 0 radical (unpaired) electrons. The number of hydrogen-bond acceptors (Lipinski definition) is 2. The van der Waals surface area contributed by atoms with E-state index in [9.17, 15) is 0 Å². The van der Waals surface area contributed by atoms with Crippen LogP contribution in [0.15, 0.2) is 45.3 Å². The quantitative estimate of drug-likeness (QED) is 0.604. The highest BCUT2D eigenvalue weighted by Crippen LogP contribution is 2.31. The number of ether oxygens (including phenoxy) is 1. The van der Waals surface area contributed by atoms with E-state index in [-0.39, 0.29) is 0 Å². The summed E-state index contributed by atoms with van der Waals surface area (Å²) < 4.78 is 8.20. The van der Waals surface area contributed by atoms with Crippen molar-refractivity contribution < 1.29 is 4.74 Å². The van der Waals surface area contributed by atoms with Crippen molar-refractivity contribution in [1.29, 1.82) is 0 Å². The molecule has 0 unspecified atom stereocenters. The van der Waals surface area contributed by atoms with Gasteiger partial charge in [-0.15, -0.1) is 0 Å². The Hall–Kier alpha value is -0.840. The van der Waals surface area contributed by atoms with Crippen molar-refractivity contribution in [3.05, 3.63) is 56.5 Å². The molecule has 0 fully saturated rings. The van der Waals surface area contributed by atoms with Gasteiger partial charge in [0.25, 0.3) is 0 Å². The van der Waals surface area contributed by atoms with E-state index in [2.05, 4.69) is 56.2 Å². The summed E-state index contributed by atoms with van der Waals surface area (Å²) in [5, 5.41) is 3.42. The average Bonchev–Trinajstić information content (AvgIpc) is 2.44. The molecule has 2 aromatic rings. The number of rotatable bonds is 6. The third kappa shape index (κ3) is 4.83. The minimum absolute atomic E-state index is 0.812. The first kappa shape index (κ1) is 16.5. The average molecular weight is 413 g/mol. The normalized spacial score (nSPS) is 10.7. The molecule has 4 heteroatoms. The van der Waals surface area contributed by atoms with Crippen molar-refractivity contribution in [3.8, 4) is 11.5 Å². The van der Waals surface area contributed by atoms with Crippen molar-refractivity contribution in [2.75, 3.05) is 6.54 Å². The molecule has 2 nitrogen and oxygen atoms in total. The molecule has 1 N–H and O–H groups in total. The minimum atomic E-state index is 0.812. The van der Waals surface area contributed by atoms with Gasteiger partial charge in [0, 0.05) is 21.1 Å². The largest absolute Gasteiger partial charge is 0.457 e. The summed E-state index contributed by atoms with van der Waals surface area (Å²) in [6, 6.07) is 12.2. The van der Waals surface area contributed by atoms with Gasteiger partial charge in [0.1, 0.15) is 11.5 Å². The van der Waals surface area contributed by atoms with Crippen LogP contribution >= 0.6 is 31.9 Å². The lowest BCUT2D eigenvalue weighted by molar-refractivity contribution is 0.468. The second kappa shape index (κ2) is 7.97. The molecule has 0 aromatic heterocycles. The fourth-order valence-corrected chi connectivity index (χ4v) is 2.83. The van der Waals surface area contributed by atoms with Crippen LogP contribution in [0.2, 0.25) is 0 Å². The van der Waals surface area contributed by atoms with E-state index < -0.39 is 0 Å². The topological polar surface area (TPSA) is 21.3 Å². The maximum Gasteiger partial charge on any atom is 0.133 e. The molecule has 0 aliphatic carbocycles. The Balaban J connectivity index is 2.22.